The Hall–Kier alpha value is -0.650. The molecule has 0 aromatic heterocycles. The van der Waals surface area contributed by atoms with Gasteiger partial charge in [-0.3, -0.25) is 4.79 Å². The third kappa shape index (κ3) is 2.14. The number of rotatable bonds is 1. The smallest absolute Gasteiger partial charge is 0.187 e. The molecule has 0 saturated heterocycles. The minimum absolute atomic E-state index is 0.0749. The highest BCUT2D eigenvalue weighted by Crippen LogP contribution is 2.43. The minimum atomic E-state index is -0.0749. The second-order valence-electron chi connectivity index (χ2n) is 2.73. The van der Waals surface area contributed by atoms with Crippen molar-refractivity contribution >= 4 is 44.3 Å². The van der Waals surface area contributed by atoms with Crippen molar-refractivity contribution in [2.24, 2.45) is 4.40 Å². The number of methoxy groups -OCH3 is 1. The van der Waals surface area contributed by atoms with E-state index >= 15 is 0 Å². The molecule has 3 nitrogen and oxygen atoms in total. The molecular formula is C9H6ClNO2S2. The Morgan fingerprint density at radius 2 is 2.27 bits per heavy atom. The topological polar surface area (TPSA) is 38.7 Å². The molecule has 6 heteroatoms. The Labute approximate surface area is 99.8 Å². The lowest BCUT2D eigenvalue weighted by Gasteiger charge is -2.09. The van der Waals surface area contributed by atoms with Crippen LogP contribution in [0.2, 0.25) is 0 Å². The monoisotopic (exact) mass is 259 g/mol. The molecule has 0 spiro atoms. The van der Waals surface area contributed by atoms with Gasteiger partial charge in [-0.2, -0.15) is 4.40 Å². The van der Waals surface area contributed by atoms with E-state index in [0.717, 1.165) is 0 Å². The molecule has 0 atom stereocenters. The maximum atomic E-state index is 11.6. The SMILES string of the molecule is COC1=C/C(=C2/SSN=C2Cl)C(=O)C=C1. The van der Waals surface area contributed by atoms with Gasteiger partial charge in [0, 0.05) is 5.57 Å². The summed E-state index contributed by atoms with van der Waals surface area (Å²) >= 11 is 5.87. The molecule has 0 amide bonds. The number of carbonyl (C=O) groups is 1. The zero-order valence-corrected chi connectivity index (χ0v) is 10.1. The standard InChI is InChI=1S/C9H6ClNO2S2/c1-13-5-2-3-7(12)6(4-5)8-9(10)11-15-14-8/h2-4H,1H3/b8-6-. The molecule has 0 radical (unpaired) electrons. The van der Waals surface area contributed by atoms with Gasteiger partial charge < -0.3 is 4.74 Å². The highest BCUT2D eigenvalue weighted by atomic mass is 35.5. The Balaban J connectivity index is 2.44. The summed E-state index contributed by atoms with van der Waals surface area (Å²) in [6.45, 7) is 0. The van der Waals surface area contributed by atoms with E-state index in [0.29, 0.717) is 21.4 Å². The molecule has 0 aromatic rings. The van der Waals surface area contributed by atoms with Crippen molar-refractivity contribution < 1.29 is 9.53 Å². The summed E-state index contributed by atoms with van der Waals surface area (Å²) in [6, 6.07) is 0. The van der Waals surface area contributed by atoms with Gasteiger partial charge in [-0.05, 0) is 29.0 Å². The van der Waals surface area contributed by atoms with E-state index in [1.165, 1.54) is 27.8 Å². The molecule has 0 aromatic carbocycles. The van der Waals surface area contributed by atoms with Gasteiger partial charge in [0.25, 0.3) is 0 Å². The summed E-state index contributed by atoms with van der Waals surface area (Å²) in [4.78, 5) is 12.3. The number of hydrogen-bond acceptors (Lipinski definition) is 5. The van der Waals surface area contributed by atoms with Crippen LogP contribution in [0.1, 0.15) is 0 Å². The minimum Gasteiger partial charge on any atom is -0.497 e. The summed E-state index contributed by atoms with van der Waals surface area (Å²) in [5.74, 6) is 0.563. The van der Waals surface area contributed by atoms with Crippen LogP contribution in [-0.2, 0) is 9.53 Å². The number of ether oxygens (including phenoxy) is 1. The lowest BCUT2D eigenvalue weighted by Crippen LogP contribution is -2.06. The normalized spacial score (nSPS) is 25.3. The van der Waals surface area contributed by atoms with Gasteiger partial charge in [0.2, 0.25) is 0 Å². The van der Waals surface area contributed by atoms with Crippen LogP contribution in [0.4, 0.5) is 0 Å². The Bertz CT molecular complexity index is 437. The first-order valence-electron chi connectivity index (χ1n) is 4.02. The fraction of sp³-hybridized carbons (Fsp3) is 0.111. The predicted octanol–water partition coefficient (Wildman–Crippen LogP) is 2.86. The summed E-state index contributed by atoms with van der Waals surface area (Å²) < 4.78 is 8.99. The van der Waals surface area contributed by atoms with Crippen molar-refractivity contribution in [1.29, 1.82) is 0 Å². The average Bonchev–Trinajstić information content (AvgIpc) is 2.65. The molecule has 78 valence electrons. The van der Waals surface area contributed by atoms with E-state index < -0.39 is 0 Å². The quantitative estimate of drug-likeness (QED) is 0.412. The first-order valence-corrected chi connectivity index (χ1v) is 6.51. The van der Waals surface area contributed by atoms with Crippen molar-refractivity contribution in [1.82, 2.24) is 0 Å². The Morgan fingerprint density at radius 3 is 2.87 bits per heavy atom. The van der Waals surface area contributed by atoms with Crippen molar-refractivity contribution in [2.75, 3.05) is 7.11 Å². The second kappa shape index (κ2) is 4.47. The van der Waals surface area contributed by atoms with Crippen molar-refractivity contribution in [2.45, 2.75) is 0 Å². The molecule has 2 rings (SSSR count). The second-order valence-corrected chi connectivity index (χ2v) is 4.94. The van der Waals surface area contributed by atoms with Crippen LogP contribution >= 0.6 is 33.4 Å². The van der Waals surface area contributed by atoms with Crippen LogP contribution < -0.4 is 0 Å². The molecular weight excluding hydrogens is 254 g/mol. The van der Waals surface area contributed by atoms with Crippen LogP contribution in [0.25, 0.3) is 0 Å². The lowest BCUT2D eigenvalue weighted by molar-refractivity contribution is -0.111. The number of allylic oxidation sites excluding steroid dienone is 5. The van der Waals surface area contributed by atoms with Gasteiger partial charge in [-0.15, -0.1) is 0 Å². The highest BCUT2D eigenvalue weighted by molar-refractivity contribution is 8.78. The maximum Gasteiger partial charge on any atom is 0.187 e. The zero-order chi connectivity index (χ0) is 10.8. The van der Waals surface area contributed by atoms with Crippen molar-refractivity contribution in [3.63, 3.8) is 0 Å². The summed E-state index contributed by atoms with van der Waals surface area (Å²) in [7, 11) is 4.20. The van der Waals surface area contributed by atoms with E-state index in [1.54, 1.807) is 19.3 Å². The summed E-state index contributed by atoms with van der Waals surface area (Å²) in [5, 5.41) is 0.371. The molecule has 15 heavy (non-hydrogen) atoms. The number of carbonyl (C=O) groups excluding carboxylic acids is 1. The summed E-state index contributed by atoms with van der Waals surface area (Å²) in [6.07, 6.45) is 4.77. The van der Waals surface area contributed by atoms with Crippen LogP contribution in [0.3, 0.4) is 0 Å². The van der Waals surface area contributed by atoms with Crippen molar-refractivity contribution in [3.05, 3.63) is 34.5 Å². The van der Waals surface area contributed by atoms with Gasteiger partial charge in [-0.1, -0.05) is 11.6 Å². The molecule has 1 aliphatic carbocycles. The molecule has 0 N–H and O–H groups in total. The van der Waals surface area contributed by atoms with E-state index in [-0.39, 0.29) is 5.78 Å². The lowest BCUT2D eigenvalue weighted by atomic mass is 10.1. The fourth-order valence-corrected chi connectivity index (χ4v) is 3.47. The number of nitrogens with zero attached hydrogens (tertiary/aromatic N) is 1. The van der Waals surface area contributed by atoms with Crippen molar-refractivity contribution in [3.8, 4) is 0 Å². The Morgan fingerprint density at radius 1 is 1.47 bits per heavy atom. The third-order valence-electron chi connectivity index (χ3n) is 1.86. The van der Waals surface area contributed by atoms with Gasteiger partial charge in [0.15, 0.2) is 11.0 Å². The Kier molecular flexibility index (Phi) is 3.23. The molecule has 0 unspecified atom stereocenters. The predicted molar refractivity (Wildman–Crippen MR) is 64.7 cm³/mol. The highest BCUT2D eigenvalue weighted by Gasteiger charge is 2.23. The first kappa shape index (κ1) is 10.9. The van der Waals surface area contributed by atoms with Crippen LogP contribution in [0.15, 0.2) is 38.9 Å². The third-order valence-corrected chi connectivity index (χ3v) is 4.20. The number of halogens is 1. The van der Waals surface area contributed by atoms with Gasteiger partial charge in [-0.25, -0.2) is 0 Å². The zero-order valence-electron chi connectivity index (χ0n) is 7.69. The van der Waals surface area contributed by atoms with E-state index in [4.69, 9.17) is 16.3 Å². The fourth-order valence-electron chi connectivity index (χ4n) is 1.13. The van der Waals surface area contributed by atoms with Gasteiger partial charge in [0.1, 0.15) is 5.76 Å². The van der Waals surface area contributed by atoms with Crippen LogP contribution in [-0.4, -0.2) is 18.1 Å². The van der Waals surface area contributed by atoms with Gasteiger partial charge >= 0.3 is 0 Å². The van der Waals surface area contributed by atoms with Gasteiger partial charge in [0.05, 0.1) is 23.0 Å². The van der Waals surface area contributed by atoms with E-state index in [2.05, 4.69) is 4.40 Å². The van der Waals surface area contributed by atoms with E-state index in [9.17, 15) is 4.79 Å². The number of hydrogen-bond donors (Lipinski definition) is 0. The largest absolute Gasteiger partial charge is 0.497 e. The molecule has 1 aliphatic heterocycles. The molecule has 0 fully saturated rings. The molecule has 2 aliphatic rings. The average molecular weight is 260 g/mol. The van der Waals surface area contributed by atoms with Crippen LogP contribution in [0, 0.1) is 0 Å². The maximum absolute atomic E-state index is 11.6. The molecule has 0 saturated carbocycles. The number of ketones is 1. The van der Waals surface area contributed by atoms with Crippen LogP contribution in [0.5, 0.6) is 0 Å². The van der Waals surface area contributed by atoms with E-state index in [1.807, 2.05) is 0 Å². The molecule has 1 heterocycles. The first-order chi connectivity index (χ1) is 7.22. The summed E-state index contributed by atoms with van der Waals surface area (Å²) in [5.41, 5.74) is 0.540. The molecule has 0 bridgehead atoms.